The van der Waals surface area contributed by atoms with Crippen molar-refractivity contribution in [2.24, 2.45) is 5.92 Å². The van der Waals surface area contributed by atoms with Gasteiger partial charge in [-0.05, 0) is 54.1 Å². The highest BCUT2D eigenvalue weighted by Gasteiger charge is 2.60. The van der Waals surface area contributed by atoms with Crippen molar-refractivity contribution in [3.05, 3.63) is 83.9 Å². The zero-order valence-electron chi connectivity index (χ0n) is 19.0. The molecule has 2 aliphatic heterocycles. The Morgan fingerprint density at radius 2 is 1.63 bits per heavy atom. The minimum absolute atomic E-state index is 0.0425. The van der Waals surface area contributed by atoms with Gasteiger partial charge >= 0.3 is 5.97 Å². The number of esters is 1. The van der Waals surface area contributed by atoms with E-state index in [1.807, 2.05) is 30.3 Å². The van der Waals surface area contributed by atoms with E-state index in [2.05, 4.69) is 0 Å². The molecule has 0 radical (unpaired) electrons. The lowest BCUT2D eigenvalue weighted by Crippen LogP contribution is -2.37. The maximum absolute atomic E-state index is 13.7. The summed E-state index contributed by atoms with van der Waals surface area (Å²) in [5, 5.41) is 11.6. The van der Waals surface area contributed by atoms with Crippen LogP contribution in [-0.2, 0) is 19.2 Å². The summed E-state index contributed by atoms with van der Waals surface area (Å²) in [5.41, 5.74) is 1.95. The van der Waals surface area contributed by atoms with E-state index in [1.165, 1.54) is 44.6 Å². The van der Waals surface area contributed by atoms with Gasteiger partial charge in [0.2, 0.25) is 5.91 Å². The molecule has 2 aliphatic rings. The van der Waals surface area contributed by atoms with E-state index in [0.29, 0.717) is 22.5 Å². The molecule has 0 aliphatic carbocycles. The number of methoxy groups -OCH3 is 2. The second-order valence-corrected chi connectivity index (χ2v) is 8.14. The van der Waals surface area contributed by atoms with E-state index in [1.54, 1.807) is 17.2 Å². The van der Waals surface area contributed by atoms with Crippen LogP contribution in [0, 0.1) is 5.92 Å². The number of hydrogen-bond acceptors (Lipinski definition) is 8. The van der Waals surface area contributed by atoms with Gasteiger partial charge in [-0.15, -0.1) is 0 Å². The largest absolute Gasteiger partial charge is 0.504 e. The number of amides is 2. The van der Waals surface area contributed by atoms with E-state index in [9.17, 15) is 19.5 Å². The quantitative estimate of drug-likeness (QED) is 0.444. The van der Waals surface area contributed by atoms with E-state index >= 15 is 0 Å². The van der Waals surface area contributed by atoms with Crippen molar-refractivity contribution in [2.45, 2.75) is 12.1 Å². The van der Waals surface area contributed by atoms with Crippen molar-refractivity contribution < 1.29 is 33.8 Å². The van der Waals surface area contributed by atoms with E-state index in [0.717, 1.165) is 4.90 Å². The molecule has 9 nitrogen and oxygen atoms in total. The highest BCUT2D eigenvalue weighted by molar-refractivity contribution is 6.24. The van der Waals surface area contributed by atoms with Crippen LogP contribution in [0.5, 0.6) is 11.5 Å². The fraction of sp³-hybridized carbons (Fsp3) is 0.192. The van der Waals surface area contributed by atoms with Crippen LogP contribution in [0.1, 0.15) is 22.0 Å². The number of benzene rings is 3. The van der Waals surface area contributed by atoms with Crippen molar-refractivity contribution in [2.75, 3.05) is 24.2 Å². The molecule has 3 aromatic carbocycles. The average molecular weight is 474 g/mol. The summed E-state index contributed by atoms with van der Waals surface area (Å²) in [6, 6.07) is 19.3. The predicted octanol–water partition coefficient (Wildman–Crippen LogP) is 3.24. The topological polar surface area (TPSA) is 106 Å². The summed E-state index contributed by atoms with van der Waals surface area (Å²) in [4.78, 5) is 46.0. The molecule has 0 unspecified atom stereocenters. The van der Waals surface area contributed by atoms with Crippen LogP contribution in [-0.4, -0.2) is 43.2 Å². The third-order valence-corrected chi connectivity index (χ3v) is 6.22. The first kappa shape index (κ1) is 22.4. The number of anilines is 2. The lowest BCUT2D eigenvalue weighted by atomic mass is 9.90. The number of carbonyl (C=O) groups excluding carboxylic acids is 3. The smallest absolute Gasteiger partial charge is 0.337 e. The maximum Gasteiger partial charge on any atom is 0.337 e. The van der Waals surface area contributed by atoms with Gasteiger partial charge in [-0.1, -0.05) is 24.3 Å². The lowest BCUT2D eigenvalue weighted by molar-refractivity contribution is -0.126. The standard InChI is InChI=1S/C26H22N2O7/c1-33-20-14-16(10-13-19(20)29)22-21-23(35-28(22)18-6-4-3-5-7-18)25(31)27(24(21)30)17-11-8-15(9-12-17)26(32)34-2/h3-14,21-23,29H,1-2H3/t21-,22+,23-/m0/s1. The fourth-order valence-electron chi connectivity index (χ4n) is 4.55. The molecule has 3 atom stereocenters. The second-order valence-electron chi connectivity index (χ2n) is 8.14. The number of carbonyl (C=O) groups is 3. The molecule has 1 N–H and O–H groups in total. The lowest BCUT2D eigenvalue weighted by Gasteiger charge is -2.29. The van der Waals surface area contributed by atoms with Crippen molar-refractivity contribution in [3.63, 3.8) is 0 Å². The van der Waals surface area contributed by atoms with Gasteiger partial charge in [-0.2, -0.15) is 0 Å². The molecule has 9 heteroatoms. The Morgan fingerprint density at radius 1 is 0.914 bits per heavy atom. The number of imide groups is 1. The molecule has 0 saturated carbocycles. The minimum atomic E-state index is -1.05. The van der Waals surface area contributed by atoms with Crippen LogP contribution >= 0.6 is 0 Å². The number of para-hydroxylation sites is 1. The van der Waals surface area contributed by atoms with Crippen LogP contribution in [0.3, 0.4) is 0 Å². The first-order valence-corrected chi connectivity index (χ1v) is 10.9. The van der Waals surface area contributed by atoms with Gasteiger partial charge in [0.1, 0.15) is 5.92 Å². The molecule has 2 fully saturated rings. The van der Waals surface area contributed by atoms with Crippen molar-refractivity contribution >= 4 is 29.2 Å². The number of rotatable bonds is 5. The number of nitrogens with zero attached hydrogens (tertiary/aromatic N) is 2. The Balaban J connectivity index is 1.55. The first-order valence-electron chi connectivity index (χ1n) is 10.9. The Hall–Kier alpha value is -4.37. The summed E-state index contributed by atoms with van der Waals surface area (Å²) >= 11 is 0. The number of ether oxygens (including phenoxy) is 2. The molecule has 3 aromatic rings. The zero-order chi connectivity index (χ0) is 24.7. The molecular formula is C26H22N2O7. The molecule has 0 spiro atoms. The highest BCUT2D eigenvalue weighted by Crippen LogP contribution is 2.48. The number of phenolic OH excluding ortho intramolecular Hbond substituents is 1. The summed E-state index contributed by atoms with van der Waals surface area (Å²) < 4.78 is 9.97. The van der Waals surface area contributed by atoms with Crippen molar-refractivity contribution in [1.29, 1.82) is 0 Å². The van der Waals surface area contributed by atoms with Gasteiger partial charge in [0.05, 0.1) is 37.2 Å². The predicted molar refractivity (Wildman–Crippen MR) is 125 cm³/mol. The molecular weight excluding hydrogens is 452 g/mol. The maximum atomic E-state index is 13.7. The van der Waals surface area contributed by atoms with Crippen LogP contribution < -0.4 is 14.7 Å². The van der Waals surface area contributed by atoms with Crippen molar-refractivity contribution in [3.8, 4) is 11.5 Å². The van der Waals surface area contributed by atoms with Crippen LogP contribution in [0.25, 0.3) is 0 Å². The van der Waals surface area contributed by atoms with Crippen molar-refractivity contribution in [1.82, 2.24) is 0 Å². The van der Waals surface area contributed by atoms with Gasteiger partial charge in [0.25, 0.3) is 5.91 Å². The average Bonchev–Trinajstić information content (AvgIpc) is 3.40. The van der Waals surface area contributed by atoms with Gasteiger partial charge in [-0.3, -0.25) is 14.4 Å². The van der Waals surface area contributed by atoms with Gasteiger partial charge in [-0.25, -0.2) is 14.8 Å². The number of hydroxylamine groups is 1. The summed E-state index contributed by atoms with van der Waals surface area (Å²) in [7, 11) is 2.71. The van der Waals surface area contributed by atoms with Crippen LogP contribution in [0.4, 0.5) is 11.4 Å². The zero-order valence-corrected chi connectivity index (χ0v) is 19.0. The SMILES string of the molecule is COC(=O)c1ccc(N2C(=O)[C@@H]3[C@H](ON(c4ccccc4)[C@@H]3c3ccc(O)c(OC)c3)C2=O)cc1. The Kier molecular flexibility index (Phi) is 5.62. The monoisotopic (exact) mass is 474 g/mol. The number of hydrogen-bond donors (Lipinski definition) is 1. The summed E-state index contributed by atoms with van der Waals surface area (Å²) in [5.74, 6) is -2.10. The normalized spacial score (nSPS) is 21.3. The van der Waals surface area contributed by atoms with Gasteiger partial charge < -0.3 is 14.6 Å². The van der Waals surface area contributed by atoms with Crippen LogP contribution in [0.15, 0.2) is 72.8 Å². The molecule has 0 aromatic heterocycles. The van der Waals surface area contributed by atoms with E-state index in [4.69, 9.17) is 14.3 Å². The second kappa shape index (κ2) is 8.77. The van der Waals surface area contributed by atoms with E-state index < -0.39 is 35.8 Å². The first-order chi connectivity index (χ1) is 16.9. The molecule has 35 heavy (non-hydrogen) atoms. The molecule has 2 saturated heterocycles. The fourth-order valence-corrected chi connectivity index (χ4v) is 4.55. The molecule has 5 rings (SSSR count). The Morgan fingerprint density at radius 3 is 2.29 bits per heavy atom. The molecule has 2 heterocycles. The number of aromatic hydroxyl groups is 1. The minimum Gasteiger partial charge on any atom is -0.504 e. The Labute approximate surface area is 201 Å². The summed E-state index contributed by atoms with van der Waals surface area (Å²) in [6.45, 7) is 0. The molecule has 2 amide bonds. The number of phenols is 1. The third-order valence-electron chi connectivity index (χ3n) is 6.22. The summed E-state index contributed by atoms with van der Waals surface area (Å²) in [6.07, 6.45) is -1.05. The Bertz CT molecular complexity index is 1290. The van der Waals surface area contributed by atoms with Gasteiger partial charge in [0, 0.05) is 0 Å². The third kappa shape index (κ3) is 3.66. The molecule has 178 valence electrons. The number of fused-ring (bicyclic) bond motifs is 1. The van der Waals surface area contributed by atoms with Gasteiger partial charge in [0.15, 0.2) is 17.6 Å². The van der Waals surface area contributed by atoms with E-state index in [-0.39, 0.29) is 11.5 Å². The molecule has 0 bridgehead atoms. The van der Waals surface area contributed by atoms with Crippen LogP contribution in [0.2, 0.25) is 0 Å². The highest BCUT2D eigenvalue weighted by atomic mass is 16.7.